The summed E-state index contributed by atoms with van der Waals surface area (Å²) in [7, 11) is 0. The first-order chi connectivity index (χ1) is 27.4. The molecule has 2 amide bonds. The molecule has 0 spiro atoms. The van der Waals surface area contributed by atoms with E-state index in [4.69, 9.17) is 18.8 Å². The van der Waals surface area contributed by atoms with Crippen LogP contribution in [0.1, 0.15) is 57.5 Å². The predicted molar refractivity (Wildman–Crippen MR) is 199 cm³/mol. The number of alkyl halides is 2. The molecule has 18 nitrogen and oxygen atoms in total. The van der Waals surface area contributed by atoms with Gasteiger partial charge in [0.1, 0.15) is 47.2 Å². The topological polar surface area (TPSA) is 257 Å². The molecule has 8 rings (SSSR count). The number of carboxylic acid groups (broad SMARTS) is 2. The van der Waals surface area contributed by atoms with E-state index in [0.29, 0.717) is 50.1 Å². The second kappa shape index (κ2) is 19.8. The van der Waals surface area contributed by atoms with Crippen LogP contribution in [0.3, 0.4) is 0 Å². The van der Waals surface area contributed by atoms with Crippen LogP contribution >= 0.6 is 0 Å². The zero-order valence-corrected chi connectivity index (χ0v) is 37.4. The molecule has 8 N–H and O–H groups in total. The Bertz CT molecular complexity index is 1810. The van der Waals surface area contributed by atoms with Crippen molar-refractivity contribution < 1.29 is 136 Å². The van der Waals surface area contributed by atoms with E-state index in [9.17, 15) is 58.3 Å². The van der Waals surface area contributed by atoms with Gasteiger partial charge in [0.05, 0.1) is 37.7 Å². The van der Waals surface area contributed by atoms with Gasteiger partial charge in [-0.2, -0.15) is 0 Å². The summed E-state index contributed by atoms with van der Waals surface area (Å²) >= 11 is 0. The van der Waals surface area contributed by atoms with E-state index in [0.717, 1.165) is 0 Å². The molecule has 0 radical (unpaired) electrons. The number of hydrogen-bond acceptors (Lipinski definition) is 14. The number of halogens is 2. The van der Waals surface area contributed by atoms with Crippen molar-refractivity contribution in [2.75, 3.05) is 39.3 Å². The molecule has 0 aliphatic carbocycles. The smallest absolute Gasteiger partial charge is 0.669 e. The Kier molecular flexibility index (Phi) is 15.9. The van der Waals surface area contributed by atoms with Crippen LogP contribution in [0.5, 0.6) is 23.0 Å². The number of nitrogens with zero attached hydrogens (tertiary/aromatic N) is 2. The van der Waals surface area contributed by atoms with Gasteiger partial charge in [0.15, 0.2) is 0 Å². The summed E-state index contributed by atoms with van der Waals surface area (Å²) in [5.74, 6) is -2.87. The molecule has 4 atom stereocenters. The third-order valence-electron chi connectivity index (χ3n) is 11.2. The summed E-state index contributed by atoms with van der Waals surface area (Å²) in [6, 6.07) is 6.01. The maximum Gasteiger partial charge on any atom is 1.00 e. The number of hydrogen-bond donors (Lipinski definition) is 8. The number of amides is 2. The fraction of sp³-hybridized carbons (Fsp3) is 0.556. The van der Waals surface area contributed by atoms with Gasteiger partial charge in [0, 0.05) is 38.0 Å². The predicted octanol–water partition coefficient (Wildman–Crippen LogP) is -6.15. The number of rotatable bonds is 10. The molecule has 24 heteroatoms. The minimum atomic E-state index is -3.10. The molecule has 6 heterocycles. The first-order valence-corrected chi connectivity index (χ1v) is 19.4. The van der Waals surface area contributed by atoms with Crippen LogP contribution in [-0.4, -0.2) is 153 Å². The second-order valence-corrected chi connectivity index (χ2v) is 15.9. The molecule has 4 fully saturated rings. The third kappa shape index (κ3) is 11.4. The normalized spacial score (nSPS) is 24.8. The van der Waals surface area contributed by atoms with Crippen molar-refractivity contribution in [1.82, 2.24) is 20.4 Å². The number of likely N-dealkylation sites (tertiary alicyclic amines) is 2. The van der Waals surface area contributed by atoms with Crippen molar-refractivity contribution in [2.45, 2.75) is 87.8 Å². The van der Waals surface area contributed by atoms with Crippen LogP contribution in [0, 0.1) is 0 Å². The minimum Gasteiger partial charge on any atom is -0.669 e. The Labute approximate surface area is 387 Å². The Balaban J connectivity index is 0.000000220. The Morgan fingerprint density at radius 3 is 1.35 bits per heavy atom. The average molecular weight is 864 g/mol. The van der Waals surface area contributed by atoms with Crippen LogP contribution in [0.2, 0.25) is 12.6 Å². The van der Waals surface area contributed by atoms with Gasteiger partial charge in [-0.25, -0.2) is 18.4 Å². The van der Waals surface area contributed by atoms with E-state index >= 15 is 0 Å². The van der Waals surface area contributed by atoms with Gasteiger partial charge in [-0.1, -0.05) is 24.8 Å². The third-order valence-corrected chi connectivity index (χ3v) is 11.2. The van der Waals surface area contributed by atoms with E-state index < -0.39 is 37.8 Å². The van der Waals surface area contributed by atoms with Crippen molar-refractivity contribution >= 4 is 37.3 Å². The van der Waals surface area contributed by atoms with E-state index in [2.05, 4.69) is 10.6 Å². The molecular formula is C36H46B2F2N4Na2O14. The standard InChI is InChI=1S/2C18H23BFN2O7.2Na/c2*20-11-5-12(21-7-11)6-15(23)22-8-13(9-22)28-14-2-1-10-3-4-19(26,27)29-17(10)16(14)18(24)25;;/h2*1-2,11-13,21,26-27H,3-9H2,(H,24,25);;/q2*-1;2*+1/t2*11-,12-;;/m00../s1. The molecule has 6 aliphatic heterocycles. The summed E-state index contributed by atoms with van der Waals surface area (Å²) in [5.41, 5.74) is 0.614. The largest absolute Gasteiger partial charge is 1.00 e. The number of carboxylic acids is 2. The van der Waals surface area contributed by atoms with Crippen LogP contribution in [0.25, 0.3) is 0 Å². The molecule has 0 bridgehead atoms. The fourth-order valence-electron chi connectivity index (χ4n) is 7.98. The second-order valence-electron chi connectivity index (χ2n) is 15.9. The molecule has 0 aromatic heterocycles. The number of ether oxygens (including phenoxy) is 2. The van der Waals surface area contributed by atoms with Gasteiger partial charge in [-0.15, -0.1) is 0 Å². The summed E-state index contributed by atoms with van der Waals surface area (Å²) in [5, 5.41) is 64.2. The maximum absolute atomic E-state index is 13.2. The number of carbonyl (C=O) groups is 4. The number of fused-ring (bicyclic) bond motifs is 2. The molecule has 6 aliphatic rings. The molecule has 0 unspecified atom stereocenters. The first kappa shape index (κ1) is 48.3. The van der Waals surface area contributed by atoms with Gasteiger partial charge >= 0.3 is 84.6 Å². The van der Waals surface area contributed by atoms with Gasteiger partial charge in [0.25, 0.3) is 0 Å². The number of aromatic carboxylic acids is 2. The zero-order valence-electron chi connectivity index (χ0n) is 33.4. The molecule has 0 saturated carbocycles. The van der Waals surface area contributed by atoms with Gasteiger partial charge < -0.3 is 69.5 Å². The van der Waals surface area contributed by atoms with Gasteiger partial charge in [-0.3, -0.25) is 9.59 Å². The number of aryl methyl sites for hydroxylation is 2. The summed E-state index contributed by atoms with van der Waals surface area (Å²) in [6.07, 6.45) is -0.967. The first-order valence-electron chi connectivity index (χ1n) is 19.4. The summed E-state index contributed by atoms with van der Waals surface area (Å²) in [6.45, 7) is -4.46. The molecule has 2 aromatic rings. The van der Waals surface area contributed by atoms with E-state index in [-0.39, 0.29) is 181 Å². The van der Waals surface area contributed by atoms with Crippen molar-refractivity contribution in [3.8, 4) is 23.0 Å². The summed E-state index contributed by atoms with van der Waals surface area (Å²) in [4.78, 5) is 51.2. The van der Waals surface area contributed by atoms with Crippen molar-refractivity contribution in [1.29, 1.82) is 0 Å². The van der Waals surface area contributed by atoms with Crippen LogP contribution in [0.4, 0.5) is 8.78 Å². The molecule has 316 valence electrons. The van der Waals surface area contributed by atoms with Crippen molar-refractivity contribution in [3.63, 3.8) is 0 Å². The summed E-state index contributed by atoms with van der Waals surface area (Å²) < 4.78 is 48.2. The minimum absolute atomic E-state index is 0. The van der Waals surface area contributed by atoms with Crippen molar-refractivity contribution in [2.24, 2.45) is 0 Å². The van der Waals surface area contributed by atoms with Gasteiger partial charge in [0.2, 0.25) is 11.8 Å². The van der Waals surface area contributed by atoms with Crippen LogP contribution in [0.15, 0.2) is 24.3 Å². The van der Waals surface area contributed by atoms with E-state index in [1.165, 1.54) is 12.1 Å². The van der Waals surface area contributed by atoms with Crippen molar-refractivity contribution in [3.05, 3.63) is 46.5 Å². The Morgan fingerprint density at radius 2 is 1.03 bits per heavy atom. The number of nitrogens with one attached hydrogen (secondary N) is 2. The number of benzene rings is 2. The zero-order chi connectivity index (χ0) is 41.5. The SMILES string of the molecule is O=C(O)c1c(OC2CN(C(=O)C[C@@H]3C[C@H](F)CN3)C2)ccc2c1O[B-](O)(O)CC2.O=C(O)c1c(OC2CN(C(=O)C[C@@H]3C[C@H](F)CN3)C2)ccc2c1O[B-](O)(O)CC2.[Na+].[Na+]. The maximum atomic E-state index is 13.2. The average Bonchev–Trinajstić information content (AvgIpc) is 3.71. The Hall–Kier alpha value is -2.73. The van der Waals surface area contributed by atoms with Gasteiger partial charge in [-0.05, 0) is 48.9 Å². The molecule has 4 saturated heterocycles. The van der Waals surface area contributed by atoms with Crippen LogP contribution < -0.4 is 88.5 Å². The molecule has 60 heavy (non-hydrogen) atoms. The molecule has 2 aromatic carbocycles. The van der Waals surface area contributed by atoms with E-state index in [1.807, 2.05) is 0 Å². The number of carbonyl (C=O) groups excluding carboxylic acids is 2. The molecular weight excluding hydrogens is 818 g/mol. The monoisotopic (exact) mass is 864 g/mol. The Morgan fingerprint density at radius 1 is 0.667 bits per heavy atom. The van der Waals surface area contributed by atoms with E-state index in [1.54, 1.807) is 21.9 Å². The quantitative estimate of drug-likeness (QED) is 0.104. The van der Waals surface area contributed by atoms with Crippen LogP contribution in [-0.2, 0) is 22.4 Å². The fourth-order valence-corrected chi connectivity index (χ4v) is 7.98.